The van der Waals surface area contributed by atoms with Gasteiger partial charge in [0.15, 0.2) is 0 Å². The molecule has 2 rings (SSSR count). The first-order chi connectivity index (χ1) is 21.4. The minimum atomic E-state index is -1.35. The summed E-state index contributed by atoms with van der Waals surface area (Å²) in [5.41, 5.74) is -0.636. The second-order valence-electron chi connectivity index (χ2n) is 13.8. The first-order valence-electron chi connectivity index (χ1n) is 16.0. The number of ether oxygens (including phenoxy) is 2. The summed E-state index contributed by atoms with van der Waals surface area (Å²) in [6, 6.07) is 11.5. The molecule has 10 heteroatoms. The molecule has 3 N–H and O–H groups in total. The largest absolute Gasteiger partial charge is 0.508 e. The SMILES string of the molecule is CCC(C)C(NC(=O)OC(C)(C)C)C(=O)N(C(C)CC)C(C(=O)NC(Cc1ccccc1)C(=O)OC(C)(C)C)c1ccccc1O. The van der Waals surface area contributed by atoms with Crippen molar-refractivity contribution in [2.45, 2.75) is 124 Å². The molecule has 254 valence electrons. The quantitative estimate of drug-likeness (QED) is 0.227. The number of nitrogens with zero attached hydrogens (tertiary/aromatic N) is 1. The average Bonchev–Trinajstić information content (AvgIpc) is 2.96. The fourth-order valence-corrected chi connectivity index (χ4v) is 4.88. The van der Waals surface area contributed by atoms with Gasteiger partial charge in [-0.05, 0) is 72.4 Å². The lowest BCUT2D eigenvalue weighted by Crippen LogP contribution is -2.58. The molecular weight excluding hydrogens is 586 g/mol. The first kappa shape index (κ1) is 38.1. The van der Waals surface area contributed by atoms with Crippen molar-refractivity contribution < 1.29 is 33.8 Å². The van der Waals surface area contributed by atoms with Crippen molar-refractivity contribution in [3.05, 3.63) is 65.7 Å². The van der Waals surface area contributed by atoms with Crippen LogP contribution in [0.25, 0.3) is 0 Å². The summed E-state index contributed by atoms with van der Waals surface area (Å²) in [6.07, 6.45) is 0.391. The van der Waals surface area contributed by atoms with Gasteiger partial charge in [0.1, 0.15) is 35.1 Å². The number of phenolic OH excluding ortho intramolecular Hbond substituents is 1. The first-order valence-corrected chi connectivity index (χ1v) is 16.0. The maximum Gasteiger partial charge on any atom is 0.408 e. The predicted octanol–water partition coefficient (Wildman–Crippen LogP) is 6.07. The highest BCUT2D eigenvalue weighted by molar-refractivity contribution is 5.94. The molecule has 0 aliphatic rings. The summed E-state index contributed by atoms with van der Waals surface area (Å²) in [4.78, 5) is 56.8. The third-order valence-corrected chi connectivity index (χ3v) is 7.52. The molecule has 0 spiro atoms. The number of para-hydroxylation sites is 1. The fourth-order valence-electron chi connectivity index (χ4n) is 4.88. The second kappa shape index (κ2) is 16.5. The molecule has 10 nitrogen and oxygen atoms in total. The summed E-state index contributed by atoms with van der Waals surface area (Å²) in [5.74, 6) is -2.35. The van der Waals surface area contributed by atoms with Gasteiger partial charge >= 0.3 is 12.1 Å². The molecule has 0 heterocycles. The molecule has 46 heavy (non-hydrogen) atoms. The molecule has 5 unspecified atom stereocenters. The highest BCUT2D eigenvalue weighted by Gasteiger charge is 2.42. The van der Waals surface area contributed by atoms with Crippen LogP contribution in [0, 0.1) is 5.92 Å². The van der Waals surface area contributed by atoms with Crippen molar-refractivity contribution in [1.82, 2.24) is 15.5 Å². The van der Waals surface area contributed by atoms with E-state index >= 15 is 0 Å². The Morgan fingerprint density at radius 1 is 0.804 bits per heavy atom. The Kier molecular flexibility index (Phi) is 13.6. The number of benzene rings is 2. The third-order valence-electron chi connectivity index (χ3n) is 7.52. The van der Waals surface area contributed by atoms with Crippen LogP contribution in [-0.2, 0) is 30.3 Å². The average molecular weight is 640 g/mol. The number of hydrogen-bond acceptors (Lipinski definition) is 7. The van der Waals surface area contributed by atoms with Gasteiger partial charge in [-0.25, -0.2) is 9.59 Å². The Balaban J connectivity index is 2.66. The normalized spacial score (nSPS) is 15.0. The minimum absolute atomic E-state index is 0.141. The molecule has 0 fully saturated rings. The van der Waals surface area contributed by atoms with E-state index in [2.05, 4.69) is 10.6 Å². The van der Waals surface area contributed by atoms with E-state index in [4.69, 9.17) is 9.47 Å². The van der Waals surface area contributed by atoms with Gasteiger partial charge in [0.2, 0.25) is 11.8 Å². The van der Waals surface area contributed by atoms with Crippen molar-refractivity contribution in [2.24, 2.45) is 5.92 Å². The highest BCUT2D eigenvalue weighted by Crippen LogP contribution is 2.33. The van der Waals surface area contributed by atoms with Gasteiger partial charge in [-0.3, -0.25) is 9.59 Å². The van der Waals surface area contributed by atoms with Crippen LogP contribution in [0.3, 0.4) is 0 Å². The number of phenols is 1. The molecule has 5 atom stereocenters. The zero-order valence-electron chi connectivity index (χ0n) is 29.0. The third kappa shape index (κ3) is 11.4. The number of esters is 1. The lowest BCUT2D eigenvalue weighted by atomic mass is 9.93. The van der Waals surface area contributed by atoms with Crippen LogP contribution in [0.4, 0.5) is 4.79 Å². The zero-order chi connectivity index (χ0) is 34.8. The molecule has 0 saturated carbocycles. The molecular formula is C36H53N3O7. The molecule has 0 aliphatic carbocycles. The van der Waals surface area contributed by atoms with E-state index in [-0.39, 0.29) is 23.7 Å². The van der Waals surface area contributed by atoms with Crippen LogP contribution in [0.2, 0.25) is 0 Å². The van der Waals surface area contributed by atoms with E-state index in [0.29, 0.717) is 12.8 Å². The molecule has 0 saturated heterocycles. The van der Waals surface area contributed by atoms with E-state index in [1.54, 1.807) is 66.7 Å². The van der Waals surface area contributed by atoms with Crippen LogP contribution >= 0.6 is 0 Å². The summed E-state index contributed by atoms with van der Waals surface area (Å²) in [6.45, 7) is 17.8. The van der Waals surface area contributed by atoms with Gasteiger partial charge in [-0.2, -0.15) is 0 Å². The smallest absolute Gasteiger partial charge is 0.408 e. The van der Waals surface area contributed by atoms with Crippen molar-refractivity contribution in [2.75, 3.05) is 0 Å². The summed E-state index contributed by atoms with van der Waals surface area (Å²) < 4.78 is 11.2. The lowest BCUT2D eigenvalue weighted by molar-refractivity contribution is -0.159. The highest BCUT2D eigenvalue weighted by atomic mass is 16.6. The predicted molar refractivity (Wildman–Crippen MR) is 178 cm³/mol. The van der Waals surface area contributed by atoms with E-state index in [0.717, 1.165) is 5.56 Å². The topological polar surface area (TPSA) is 134 Å². The van der Waals surface area contributed by atoms with Gasteiger partial charge in [-0.1, -0.05) is 75.7 Å². The maximum atomic E-state index is 14.6. The number of amides is 3. The molecule has 3 amide bonds. The number of carbonyl (C=O) groups is 4. The number of rotatable bonds is 13. The van der Waals surface area contributed by atoms with Crippen LogP contribution in [0.15, 0.2) is 54.6 Å². The molecule has 0 bridgehead atoms. The lowest BCUT2D eigenvalue weighted by Gasteiger charge is -2.40. The van der Waals surface area contributed by atoms with E-state index in [1.807, 2.05) is 51.1 Å². The standard InChI is InChI=1S/C36H53N3O7/c1-11-23(3)29(38-34(44)46-36(8,9)10)32(42)39(24(4)12-2)30(26-20-16-17-21-28(26)40)31(41)37-27(33(43)45-35(5,6)7)22-25-18-14-13-15-19-25/h13-21,23-24,27,29-30,40H,11-12,22H2,1-10H3,(H,37,41)(H,38,44). The second-order valence-corrected chi connectivity index (χ2v) is 13.8. The van der Waals surface area contributed by atoms with Gasteiger partial charge in [-0.15, -0.1) is 0 Å². The van der Waals surface area contributed by atoms with Crippen molar-refractivity contribution in [3.63, 3.8) is 0 Å². The summed E-state index contributed by atoms with van der Waals surface area (Å²) in [5, 5.41) is 16.6. The Labute approximate surface area is 274 Å². The van der Waals surface area contributed by atoms with Crippen LogP contribution in [-0.4, -0.2) is 63.2 Å². The van der Waals surface area contributed by atoms with Crippen LogP contribution < -0.4 is 10.6 Å². The number of hydrogen-bond donors (Lipinski definition) is 3. The Morgan fingerprint density at radius 2 is 1.37 bits per heavy atom. The van der Waals surface area contributed by atoms with Gasteiger partial charge in [0.25, 0.3) is 0 Å². The van der Waals surface area contributed by atoms with E-state index in [1.165, 1.54) is 11.0 Å². The van der Waals surface area contributed by atoms with Gasteiger partial charge < -0.3 is 30.1 Å². The van der Waals surface area contributed by atoms with Crippen molar-refractivity contribution in [3.8, 4) is 5.75 Å². The molecule has 2 aromatic carbocycles. The summed E-state index contributed by atoms with van der Waals surface area (Å²) in [7, 11) is 0. The monoisotopic (exact) mass is 639 g/mol. The van der Waals surface area contributed by atoms with E-state index < -0.39 is 59.2 Å². The zero-order valence-corrected chi connectivity index (χ0v) is 29.0. The summed E-state index contributed by atoms with van der Waals surface area (Å²) >= 11 is 0. The van der Waals surface area contributed by atoms with Gasteiger partial charge in [0.05, 0.1) is 0 Å². The molecule has 0 aliphatic heterocycles. The number of alkyl carbamates (subject to hydrolysis) is 1. The van der Waals surface area contributed by atoms with Crippen molar-refractivity contribution in [1.29, 1.82) is 0 Å². The molecule has 2 aromatic rings. The maximum absolute atomic E-state index is 14.6. The minimum Gasteiger partial charge on any atom is -0.508 e. The Bertz CT molecular complexity index is 1320. The number of carbonyl (C=O) groups excluding carboxylic acids is 4. The van der Waals surface area contributed by atoms with Crippen LogP contribution in [0.5, 0.6) is 5.75 Å². The molecule has 0 radical (unpaired) electrons. The fraction of sp³-hybridized carbons (Fsp3) is 0.556. The van der Waals surface area contributed by atoms with E-state index in [9.17, 15) is 24.3 Å². The Hall–Kier alpha value is -4.08. The number of nitrogens with one attached hydrogen (secondary N) is 2. The van der Waals surface area contributed by atoms with Crippen molar-refractivity contribution >= 4 is 23.9 Å². The van der Waals surface area contributed by atoms with Gasteiger partial charge in [0, 0.05) is 18.0 Å². The molecule has 0 aromatic heterocycles. The Morgan fingerprint density at radius 3 is 1.89 bits per heavy atom. The number of aromatic hydroxyl groups is 1. The van der Waals surface area contributed by atoms with Crippen LogP contribution in [0.1, 0.15) is 99.2 Å².